The van der Waals surface area contributed by atoms with Crippen LogP contribution >= 0.6 is 0 Å². The Balaban J connectivity index is 1.83. The molecule has 0 atom stereocenters. The van der Waals surface area contributed by atoms with Gasteiger partial charge in [-0.25, -0.2) is 15.0 Å². The maximum atomic E-state index is 5.57. The molecule has 4 rings (SSSR count). The van der Waals surface area contributed by atoms with E-state index < -0.39 is 0 Å². The Morgan fingerprint density at radius 3 is 2.89 bits per heavy atom. The molecular formula is C13H10N4O2. The molecule has 0 amide bonds. The average Bonchev–Trinajstić information content (AvgIpc) is 2.90. The summed E-state index contributed by atoms with van der Waals surface area (Å²) in [7, 11) is 0. The molecule has 0 radical (unpaired) electrons. The number of rotatable bonds is 1. The number of nitrogens with one attached hydrogen (secondary N) is 1. The van der Waals surface area contributed by atoms with Gasteiger partial charge in [-0.2, -0.15) is 0 Å². The molecule has 94 valence electrons. The molecule has 3 aromatic rings. The molecule has 0 spiro atoms. The molecule has 1 aliphatic rings. The molecule has 0 bridgehead atoms. The zero-order chi connectivity index (χ0) is 12.7. The van der Waals surface area contributed by atoms with Crippen molar-refractivity contribution in [1.82, 2.24) is 19.9 Å². The van der Waals surface area contributed by atoms with E-state index in [-0.39, 0.29) is 0 Å². The van der Waals surface area contributed by atoms with Crippen molar-refractivity contribution >= 4 is 11.2 Å². The van der Waals surface area contributed by atoms with Crippen molar-refractivity contribution in [2.75, 3.05) is 13.2 Å². The number of hydrogen-bond donors (Lipinski definition) is 1. The summed E-state index contributed by atoms with van der Waals surface area (Å²) in [5.41, 5.74) is 2.40. The van der Waals surface area contributed by atoms with Crippen LogP contribution in [-0.2, 0) is 0 Å². The topological polar surface area (TPSA) is 72.9 Å². The van der Waals surface area contributed by atoms with Gasteiger partial charge in [0.15, 0.2) is 17.1 Å². The quantitative estimate of drug-likeness (QED) is 0.716. The number of H-pyrrole nitrogens is 1. The van der Waals surface area contributed by atoms with Crippen LogP contribution in [0.25, 0.3) is 22.6 Å². The van der Waals surface area contributed by atoms with Crippen LogP contribution in [0.2, 0.25) is 0 Å². The van der Waals surface area contributed by atoms with E-state index in [0.29, 0.717) is 18.9 Å². The molecule has 6 nitrogen and oxygen atoms in total. The van der Waals surface area contributed by atoms with Gasteiger partial charge >= 0.3 is 0 Å². The highest BCUT2D eigenvalue weighted by Crippen LogP contribution is 2.33. The number of hydrogen-bond acceptors (Lipinski definition) is 5. The SMILES string of the molecule is c1ncc2[nH]c(-c3ccc4c(c3)OCCO4)nc2n1. The predicted octanol–water partition coefficient (Wildman–Crippen LogP) is 1.79. The van der Waals surface area contributed by atoms with Gasteiger partial charge in [0, 0.05) is 5.56 Å². The Kier molecular flexibility index (Phi) is 2.14. The molecule has 0 unspecified atom stereocenters. The van der Waals surface area contributed by atoms with Crippen molar-refractivity contribution in [2.24, 2.45) is 0 Å². The summed E-state index contributed by atoms with van der Waals surface area (Å²) in [5.74, 6) is 2.26. The third-order valence-electron chi connectivity index (χ3n) is 2.98. The Morgan fingerprint density at radius 2 is 2.00 bits per heavy atom. The maximum absolute atomic E-state index is 5.57. The van der Waals surface area contributed by atoms with E-state index in [1.165, 1.54) is 6.33 Å². The smallest absolute Gasteiger partial charge is 0.181 e. The second-order valence-electron chi connectivity index (χ2n) is 4.20. The first-order valence-electron chi connectivity index (χ1n) is 5.96. The number of fused-ring (bicyclic) bond motifs is 2. The molecule has 1 aliphatic heterocycles. The lowest BCUT2D eigenvalue weighted by atomic mass is 10.2. The van der Waals surface area contributed by atoms with Gasteiger partial charge in [-0.1, -0.05) is 0 Å². The third-order valence-corrected chi connectivity index (χ3v) is 2.98. The van der Waals surface area contributed by atoms with Gasteiger partial charge in [-0.05, 0) is 18.2 Å². The monoisotopic (exact) mass is 254 g/mol. The molecule has 0 fully saturated rings. The second kappa shape index (κ2) is 3.94. The van der Waals surface area contributed by atoms with Crippen LogP contribution in [0.15, 0.2) is 30.7 Å². The summed E-state index contributed by atoms with van der Waals surface area (Å²) in [5, 5.41) is 0. The van der Waals surface area contributed by atoms with Crippen LogP contribution in [0.4, 0.5) is 0 Å². The minimum atomic E-state index is 0.571. The van der Waals surface area contributed by atoms with Crippen LogP contribution in [0.3, 0.4) is 0 Å². The second-order valence-corrected chi connectivity index (χ2v) is 4.20. The first-order chi connectivity index (χ1) is 9.40. The molecule has 1 N–H and O–H groups in total. The maximum Gasteiger partial charge on any atom is 0.181 e. The van der Waals surface area contributed by atoms with E-state index in [1.54, 1.807) is 6.20 Å². The van der Waals surface area contributed by atoms with Crippen LogP contribution in [0, 0.1) is 0 Å². The fourth-order valence-corrected chi connectivity index (χ4v) is 2.09. The molecule has 19 heavy (non-hydrogen) atoms. The van der Waals surface area contributed by atoms with E-state index in [1.807, 2.05) is 18.2 Å². The minimum absolute atomic E-state index is 0.571. The summed E-state index contributed by atoms with van der Waals surface area (Å²) in [6.07, 6.45) is 3.19. The lowest BCUT2D eigenvalue weighted by Gasteiger charge is -2.18. The molecule has 3 heterocycles. The van der Waals surface area contributed by atoms with Gasteiger partial charge in [-0.15, -0.1) is 0 Å². The summed E-state index contributed by atoms with van der Waals surface area (Å²) < 4.78 is 11.1. The highest BCUT2D eigenvalue weighted by atomic mass is 16.6. The van der Waals surface area contributed by atoms with Crippen molar-refractivity contribution < 1.29 is 9.47 Å². The van der Waals surface area contributed by atoms with Crippen LogP contribution in [0.1, 0.15) is 0 Å². The van der Waals surface area contributed by atoms with Crippen LogP contribution in [0.5, 0.6) is 11.5 Å². The third kappa shape index (κ3) is 1.69. The van der Waals surface area contributed by atoms with Gasteiger partial charge in [-0.3, -0.25) is 0 Å². The summed E-state index contributed by atoms with van der Waals surface area (Å²) >= 11 is 0. The van der Waals surface area contributed by atoms with Crippen molar-refractivity contribution in [3.63, 3.8) is 0 Å². The van der Waals surface area contributed by atoms with Crippen LogP contribution < -0.4 is 9.47 Å². The van der Waals surface area contributed by atoms with Gasteiger partial charge in [0.2, 0.25) is 0 Å². The van der Waals surface area contributed by atoms with Crippen molar-refractivity contribution in [3.8, 4) is 22.9 Å². The van der Waals surface area contributed by atoms with Gasteiger partial charge in [0.05, 0.1) is 6.20 Å². The first-order valence-corrected chi connectivity index (χ1v) is 5.96. The van der Waals surface area contributed by atoms with Gasteiger partial charge in [0.1, 0.15) is 30.9 Å². The molecule has 0 aliphatic carbocycles. The number of benzene rings is 1. The van der Waals surface area contributed by atoms with Crippen molar-refractivity contribution in [2.45, 2.75) is 0 Å². The van der Waals surface area contributed by atoms with Crippen molar-refractivity contribution in [3.05, 3.63) is 30.7 Å². The molecule has 0 saturated carbocycles. The molecule has 0 saturated heterocycles. The number of imidazole rings is 1. The molecule has 1 aromatic carbocycles. The standard InChI is InChI=1S/C13H10N4O2/c1-2-10-11(19-4-3-18-10)5-8(1)12-16-9-6-14-7-15-13(9)17-12/h1-2,5-7H,3-4H2,(H,14,15,16,17). The highest BCUT2D eigenvalue weighted by molar-refractivity contribution is 5.75. The highest BCUT2D eigenvalue weighted by Gasteiger charge is 2.14. The number of aromatic nitrogens is 4. The zero-order valence-electron chi connectivity index (χ0n) is 9.96. The summed E-state index contributed by atoms with van der Waals surface area (Å²) in [6.45, 7) is 1.16. The fourth-order valence-electron chi connectivity index (χ4n) is 2.09. The minimum Gasteiger partial charge on any atom is -0.486 e. The molecule has 6 heteroatoms. The summed E-state index contributed by atoms with van der Waals surface area (Å²) in [6, 6.07) is 5.75. The fraction of sp³-hybridized carbons (Fsp3) is 0.154. The number of ether oxygens (including phenoxy) is 2. The molecule has 2 aromatic heterocycles. The Bertz CT molecular complexity index is 720. The normalized spacial score (nSPS) is 13.7. The van der Waals surface area contributed by atoms with Crippen LogP contribution in [-0.4, -0.2) is 33.1 Å². The van der Waals surface area contributed by atoms with E-state index in [4.69, 9.17) is 9.47 Å². The number of aromatic amines is 1. The van der Waals surface area contributed by atoms with Gasteiger partial charge in [0.25, 0.3) is 0 Å². The average molecular weight is 254 g/mol. The largest absolute Gasteiger partial charge is 0.486 e. The Hall–Kier alpha value is -2.63. The predicted molar refractivity (Wildman–Crippen MR) is 68.1 cm³/mol. The lowest BCUT2D eigenvalue weighted by Crippen LogP contribution is -2.15. The Morgan fingerprint density at radius 1 is 1.11 bits per heavy atom. The van der Waals surface area contributed by atoms with E-state index in [2.05, 4.69) is 19.9 Å². The summed E-state index contributed by atoms with van der Waals surface area (Å²) in [4.78, 5) is 15.7. The van der Waals surface area contributed by atoms with Gasteiger partial charge < -0.3 is 14.5 Å². The Labute approximate surface area is 108 Å². The van der Waals surface area contributed by atoms with E-state index in [0.717, 1.165) is 28.4 Å². The van der Waals surface area contributed by atoms with Crippen molar-refractivity contribution in [1.29, 1.82) is 0 Å². The van der Waals surface area contributed by atoms with E-state index in [9.17, 15) is 0 Å². The zero-order valence-corrected chi connectivity index (χ0v) is 9.96. The molecular weight excluding hydrogens is 244 g/mol. The lowest BCUT2D eigenvalue weighted by molar-refractivity contribution is 0.171. The van der Waals surface area contributed by atoms with E-state index >= 15 is 0 Å². The first kappa shape index (κ1) is 10.3. The number of nitrogens with zero attached hydrogens (tertiary/aromatic N) is 3.